The summed E-state index contributed by atoms with van der Waals surface area (Å²) in [6.07, 6.45) is 2.28. The molecule has 1 fully saturated rings. The highest BCUT2D eigenvalue weighted by molar-refractivity contribution is 7.91. The van der Waals surface area contributed by atoms with E-state index in [1.54, 1.807) is 17.8 Å². The van der Waals surface area contributed by atoms with Crippen molar-refractivity contribution in [1.29, 1.82) is 0 Å². The molecule has 7 heteroatoms. The maximum absolute atomic E-state index is 13.7. The summed E-state index contributed by atoms with van der Waals surface area (Å²) in [6.45, 7) is 0.296. The van der Waals surface area contributed by atoms with Gasteiger partial charge in [0, 0.05) is 18.2 Å². The second kappa shape index (κ2) is 5.73. The van der Waals surface area contributed by atoms with Gasteiger partial charge in [0.1, 0.15) is 11.6 Å². The molecular weight excluding hydrogens is 313 g/mol. The number of nitrogens with zero attached hydrogens (tertiary/aromatic N) is 1. The lowest BCUT2D eigenvalue weighted by atomic mass is 10.1. The average Bonchev–Trinajstić information content (AvgIpc) is 3.05. The summed E-state index contributed by atoms with van der Waals surface area (Å²) in [5.74, 6) is 0.406. The Balaban J connectivity index is 1.71. The maximum atomic E-state index is 13.7. The first-order valence-electron chi connectivity index (χ1n) is 6.54. The Hall–Kier alpha value is -1.47. The second-order valence-corrected chi connectivity index (χ2v) is 8.24. The molecule has 3 rings (SSSR count). The number of aromatic nitrogens is 1. The predicted octanol–water partition coefficient (Wildman–Crippen LogP) is 2.76. The molecule has 2 heterocycles. The van der Waals surface area contributed by atoms with Crippen molar-refractivity contribution in [3.8, 4) is 16.2 Å². The van der Waals surface area contributed by atoms with E-state index in [1.807, 2.05) is 0 Å². The Morgan fingerprint density at radius 1 is 1.38 bits per heavy atom. The lowest BCUT2D eigenvalue weighted by Gasteiger charge is -2.11. The monoisotopic (exact) mass is 327 g/mol. The minimum atomic E-state index is -2.91. The number of hydrogen-bond donors (Lipinski definition) is 0. The summed E-state index contributed by atoms with van der Waals surface area (Å²) in [7, 11) is -2.91. The summed E-state index contributed by atoms with van der Waals surface area (Å²) in [4.78, 5) is 4.84. The number of hydrogen-bond acceptors (Lipinski definition) is 5. The van der Waals surface area contributed by atoms with Crippen LogP contribution >= 0.6 is 11.3 Å². The van der Waals surface area contributed by atoms with Crippen LogP contribution < -0.4 is 4.74 Å². The maximum Gasteiger partial charge on any atom is 0.150 e. The second-order valence-electron chi connectivity index (χ2n) is 5.12. The molecule has 1 aromatic heterocycles. The zero-order valence-electron chi connectivity index (χ0n) is 11.2. The summed E-state index contributed by atoms with van der Waals surface area (Å²) >= 11 is 1.42. The van der Waals surface area contributed by atoms with Crippen LogP contribution in [-0.2, 0) is 9.84 Å². The van der Waals surface area contributed by atoms with Gasteiger partial charge in [-0.1, -0.05) is 0 Å². The fraction of sp³-hybridized carbons (Fsp3) is 0.357. The van der Waals surface area contributed by atoms with Crippen LogP contribution in [0.1, 0.15) is 6.42 Å². The van der Waals surface area contributed by atoms with E-state index in [2.05, 4.69) is 4.98 Å². The first kappa shape index (κ1) is 14.5. The van der Waals surface area contributed by atoms with Gasteiger partial charge in [-0.2, -0.15) is 0 Å². The molecule has 1 unspecified atom stereocenters. The Kier molecular flexibility index (Phi) is 3.95. The topological polar surface area (TPSA) is 56.3 Å². The van der Waals surface area contributed by atoms with E-state index in [0.717, 1.165) is 4.88 Å². The van der Waals surface area contributed by atoms with Gasteiger partial charge in [-0.3, -0.25) is 4.98 Å². The molecule has 0 saturated carbocycles. The SMILES string of the molecule is O=S1(=O)CCC(COc2cc(F)cc(-c3cncs3)c2)C1. The molecule has 0 N–H and O–H groups in total. The Morgan fingerprint density at radius 3 is 2.90 bits per heavy atom. The van der Waals surface area contributed by atoms with E-state index in [-0.39, 0.29) is 23.2 Å². The third kappa shape index (κ3) is 3.59. The highest BCUT2D eigenvalue weighted by Crippen LogP contribution is 2.29. The largest absolute Gasteiger partial charge is 0.493 e. The zero-order valence-corrected chi connectivity index (χ0v) is 12.8. The molecule has 0 radical (unpaired) electrons. The summed E-state index contributed by atoms with van der Waals surface area (Å²) in [5, 5.41) is 0. The van der Waals surface area contributed by atoms with Crippen molar-refractivity contribution in [3.05, 3.63) is 35.7 Å². The van der Waals surface area contributed by atoms with Crippen molar-refractivity contribution >= 4 is 21.2 Å². The number of rotatable bonds is 4. The average molecular weight is 327 g/mol. The molecule has 4 nitrogen and oxygen atoms in total. The van der Waals surface area contributed by atoms with E-state index in [9.17, 15) is 12.8 Å². The molecule has 1 aromatic carbocycles. The molecule has 0 spiro atoms. The predicted molar refractivity (Wildman–Crippen MR) is 79.8 cm³/mol. The zero-order chi connectivity index (χ0) is 14.9. The van der Waals surface area contributed by atoms with Crippen molar-refractivity contribution in [1.82, 2.24) is 4.98 Å². The van der Waals surface area contributed by atoms with Gasteiger partial charge in [-0.15, -0.1) is 11.3 Å². The first-order valence-corrected chi connectivity index (χ1v) is 9.25. The fourth-order valence-electron chi connectivity index (χ4n) is 2.36. The minimum Gasteiger partial charge on any atom is -0.493 e. The van der Waals surface area contributed by atoms with E-state index >= 15 is 0 Å². The van der Waals surface area contributed by atoms with Crippen molar-refractivity contribution in [3.63, 3.8) is 0 Å². The summed E-state index contributed by atoms with van der Waals surface area (Å²) in [6, 6.07) is 4.49. The van der Waals surface area contributed by atoms with Gasteiger partial charge in [0.05, 0.1) is 28.5 Å². The highest BCUT2D eigenvalue weighted by Gasteiger charge is 2.28. The van der Waals surface area contributed by atoms with Gasteiger partial charge in [0.25, 0.3) is 0 Å². The molecule has 1 aliphatic heterocycles. The number of sulfone groups is 1. The van der Waals surface area contributed by atoms with Crippen molar-refractivity contribution < 1.29 is 17.5 Å². The van der Waals surface area contributed by atoms with Crippen molar-refractivity contribution in [2.24, 2.45) is 5.92 Å². The normalized spacial score (nSPS) is 20.5. The molecule has 1 aliphatic rings. The van der Waals surface area contributed by atoms with Crippen LogP contribution in [-0.4, -0.2) is 31.5 Å². The van der Waals surface area contributed by atoms with Crippen LogP contribution in [0.5, 0.6) is 5.75 Å². The lowest BCUT2D eigenvalue weighted by molar-refractivity contribution is 0.262. The molecular formula is C14H14FNO3S2. The van der Waals surface area contributed by atoms with E-state index in [4.69, 9.17) is 4.74 Å². The Labute approximate surface area is 126 Å². The Morgan fingerprint density at radius 2 is 2.24 bits per heavy atom. The number of benzene rings is 1. The molecule has 0 amide bonds. The van der Waals surface area contributed by atoms with Gasteiger partial charge in [0.15, 0.2) is 9.84 Å². The van der Waals surface area contributed by atoms with Crippen LogP contribution in [0.25, 0.3) is 10.4 Å². The molecule has 0 bridgehead atoms. The smallest absolute Gasteiger partial charge is 0.150 e. The van der Waals surface area contributed by atoms with Crippen LogP contribution in [0.3, 0.4) is 0 Å². The Bertz CT molecular complexity index is 729. The number of thiazole rings is 1. The van der Waals surface area contributed by atoms with Gasteiger partial charge in [0.2, 0.25) is 0 Å². The molecule has 0 aliphatic carbocycles. The number of halogens is 1. The van der Waals surface area contributed by atoms with E-state index < -0.39 is 9.84 Å². The number of ether oxygens (including phenoxy) is 1. The third-order valence-corrected chi connectivity index (χ3v) is 6.06. The summed E-state index contributed by atoms with van der Waals surface area (Å²) < 4.78 is 42.0. The van der Waals surface area contributed by atoms with E-state index in [0.29, 0.717) is 24.3 Å². The van der Waals surface area contributed by atoms with Gasteiger partial charge >= 0.3 is 0 Å². The van der Waals surface area contributed by atoms with Crippen LogP contribution in [0.4, 0.5) is 4.39 Å². The quantitative estimate of drug-likeness (QED) is 0.866. The third-order valence-electron chi connectivity index (χ3n) is 3.40. The minimum absolute atomic E-state index is 0.00915. The molecule has 112 valence electrons. The van der Waals surface area contributed by atoms with Crippen molar-refractivity contribution in [2.45, 2.75) is 6.42 Å². The standard InChI is InChI=1S/C14H14FNO3S2/c15-12-3-11(14-6-16-9-20-14)4-13(5-12)19-7-10-1-2-21(17,18)8-10/h3-6,9-10H,1-2,7-8H2. The van der Waals surface area contributed by atoms with Gasteiger partial charge in [-0.05, 0) is 24.1 Å². The van der Waals surface area contributed by atoms with Crippen molar-refractivity contribution in [2.75, 3.05) is 18.1 Å². The van der Waals surface area contributed by atoms with E-state index in [1.165, 1.54) is 23.5 Å². The molecule has 2 aromatic rings. The van der Waals surface area contributed by atoms with Crippen LogP contribution in [0.2, 0.25) is 0 Å². The summed E-state index contributed by atoms with van der Waals surface area (Å²) in [5.41, 5.74) is 2.40. The molecule has 21 heavy (non-hydrogen) atoms. The molecule has 1 atom stereocenters. The van der Waals surface area contributed by atoms with Gasteiger partial charge < -0.3 is 4.74 Å². The fourth-order valence-corrected chi connectivity index (χ4v) is 4.82. The lowest BCUT2D eigenvalue weighted by Crippen LogP contribution is -2.13. The highest BCUT2D eigenvalue weighted by atomic mass is 32.2. The van der Waals surface area contributed by atoms with Gasteiger partial charge in [-0.25, -0.2) is 12.8 Å². The first-order chi connectivity index (χ1) is 10.0. The van der Waals surface area contributed by atoms with Crippen LogP contribution in [0, 0.1) is 11.7 Å². The molecule has 1 saturated heterocycles. The van der Waals surface area contributed by atoms with Crippen LogP contribution in [0.15, 0.2) is 29.9 Å².